The standard InChI is InChI=1S/C16H27N3O/c1-13(2)16(3,20)12-17-10-14-6-7-15(18-11-14)19-8-4-5-9-19/h6-7,11,13,17,20H,4-5,8-10,12H2,1-3H3. The minimum atomic E-state index is -0.664. The summed E-state index contributed by atoms with van der Waals surface area (Å²) in [6, 6.07) is 4.22. The van der Waals surface area contributed by atoms with Crippen LogP contribution in [0.5, 0.6) is 0 Å². The number of hydrogen-bond donors (Lipinski definition) is 2. The highest BCUT2D eigenvalue weighted by atomic mass is 16.3. The molecule has 1 atom stereocenters. The van der Waals surface area contributed by atoms with Gasteiger partial charge in [-0.2, -0.15) is 0 Å². The fourth-order valence-corrected chi connectivity index (χ4v) is 2.32. The molecule has 2 rings (SSSR count). The molecule has 1 unspecified atom stereocenters. The Morgan fingerprint density at radius 2 is 2.05 bits per heavy atom. The molecule has 4 heteroatoms. The molecule has 1 aromatic heterocycles. The average Bonchev–Trinajstić information content (AvgIpc) is 2.93. The average molecular weight is 277 g/mol. The zero-order valence-corrected chi connectivity index (χ0v) is 12.9. The number of nitrogens with zero attached hydrogens (tertiary/aromatic N) is 2. The Hall–Kier alpha value is -1.13. The SMILES string of the molecule is CC(C)C(C)(O)CNCc1ccc(N2CCCC2)nc1. The van der Waals surface area contributed by atoms with E-state index in [-0.39, 0.29) is 5.92 Å². The van der Waals surface area contributed by atoms with Gasteiger partial charge in [0.25, 0.3) is 0 Å². The van der Waals surface area contributed by atoms with E-state index in [0.717, 1.165) is 31.0 Å². The second kappa shape index (κ2) is 6.55. The highest BCUT2D eigenvalue weighted by Gasteiger charge is 2.23. The summed E-state index contributed by atoms with van der Waals surface area (Å²) in [5.41, 5.74) is 0.496. The highest BCUT2D eigenvalue weighted by Crippen LogP contribution is 2.18. The van der Waals surface area contributed by atoms with Crippen LogP contribution in [0.1, 0.15) is 39.2 Å². The summed E-state index contributed by atoms with van der Waals surface area (Å²) in [5.74, 6) is 1.33. The van der Waals surface area contributed by atoms with E-state index in [9.17, 15) is 5.11 Å². The van der Waals surface area contributed by atoms with Crippen LogP contribution in [0.25, 0.3) is 0 Å². The Morgan fingerprint density at radius 3 is 2.60 bits per heavy atom. The fraction of sp³-hybridized carbons (Fsp3) is 0.688. The summed E-state index contributed by atoms with van der Waals surface area (Å²) in [7, 11) is 0. The molecule has 2 N–H and O–H groups in total. The lowest BCUT2D eigenvalue weighted by molar-refractivity contribution is 0.0140. The van der Waals surface area contributed by atoms with Crippen molar-refractivity contribution in [2.75, 3.05) is 24.5 Å². The van der Waals surface area contributed by atoms with Crippen LogP contribution < -0.4 is 10.2 Å². The van der Waals surface area contributed by atoms with E-state index in [1.807, 2.05) is 27.0 Å². The summed E-state index contributed by atoms with van der Waals surface area (Å²) < 4.78 is 0. The molecule has 0 amide bonds. The van der Waals surface area contributed by atoms with E-state index in [2.05, 4.69) is 27.3 Å². The number of rotatable bonds is 6. The lowest BCUT2D eigenvalue weighted by Gasteiger charge is -2.28. The topological polar surface area (TPSA) is 48.4 Å². The van der Waals surface area contributed by atoms with E-state index in [1.54, 1.807) is 0 Å². The smallest absolute Gasteiger partial charge is 0.128 e. The van der Waals surface area contributed by atoms with Crippen molar-refractivity contribution in [3.05, 3.63) is 23.9 Å². The first kappa shape index (κ1) is 15.3. The maximum absolute atomic E-state index is 10.2. The number of hydrogen-bond acceptors (Lipinski definition) is 4. The normalized spacial score (nSPS) is 18.6. The molecule has 0 saturated carbocycles. The van der Waals surface area contributed by atoms with Gasteiger partial charge in [0, 0.05) is 32.4 Å². The van der Waals surface area contributed by atoms with Crippen LogP contribution in [0.2, 0.25) is 0 Å². The van der Waals surface area contributed by atoms with Crippen molar-refractivity contribution in [2.24, 2.45) is 5.92 Å². The number of nitrogens with one attached hydrogen (secondary N) is 1. The Morgan fingerprint density at radius 1 is 1.35 bits per heavy atom. The second-order valence-electron chi connectivity index (χ2n) is 6.33. The van der Waals surface area contributed by atoms with E-state index in [1.165, 1.54) is 12.8 Å². The first-order valence-corrected chi connectivity index (χ1v) is 7.62. The lowest BCUT2D eigenvalue weighted by atomic mass is 9.92. The van der Waals surface area contributed by atoms with Gasteiger partial charge in [0.15, 0.2) is 0 Å². The van der Waals surface area contributed by atoms with Gasteiger partial charge in [-0.3, -0.25) is 0 Å². The zero-order chi connectivity index (χ0) is 14.6. The summed E-state index contributed by atoms with van der Waals surface area (Å²) in [4.78, 5) is 6.87. The van der Waals surface area contributed by atoms with Crippen LogP contribution in [0, 0.1) is 5.92 Å². The van der Waals surface area contributed by atoms with Crippen LogP contribution in [0.3, 0.4) is 0 Å². The monoisotopic (exact) mass is 277 g/mol. The van der Waals surface area contributed by atoms with Crippen LogP contribution >= 0.6 is 0 Å². The maximum atomic E-state index is 10.2. The fourth-order valence-electron chi connectivity index (χ4n) is 2.32. The van der Waals surface area contributed by atoms with Crippen molar-refractivity contribution in [2.45, 2.75) is 45.8 Å². The van der Waals surface area contributed by atoms with Crippen molar-refractivity contribution in [3.63, 3.8) is 0 Å². The molecule has 1 aliphatic rings. The van der Waals surface area contributed by atoms with E-state index in [0.29, 0.717) is 6.54 Å². The molecule has 0 aromatic carbocycles. The van der Waals surface area contributed by atoms with Crippen molar-refractivity contribution in [1.29, 1.82) is 0 Å². The molecule has 1 fully saturated rings. The van der Waals surface area contributed by atoms with Crippen LogP contribution in [-0.4, -0.2) is 35.3 Å². The van der Waals surface area contributed by atoms with Gasteiger partial charge in [-0.05, 0) is 37.3 Å². The maximum Gasteiger partial charge on any atom is 0.128 e. The molecule has 0 aliphatic carbocycles. The molecular weight excluding hydrogens is 250 g/mol. The van der Waals surface area contributed by atoms with Gasteiger partial charge < -0.3 is 15.3 Å². The van der Waals surface area contributed by atoms with Gasteiger partial charge in [-0.25, -0.2) is 4.98 Å². The Labute approximate surface area is 122 Å². The zero-order valence-electron chi connectivity index (χ0n) is 12.9. The molecule has 2 heterocycles. The second-order valence-corrected chi connectivity index (χ2v) is 6.33. The van der Waals surface area contributed by atoms with Gasteiger partial charge in [0.1, 0.15) is 5.82 Å². The number of anilines is 1. The first-order valence-electron chi connectivity index (χ1n) is 7.62. The Balaban J connectivity index is 1.82. The minimum Gasteiger partial charge on any atom is -0.389 e. The van der Waals surface area contributed by atoms with Gasteiger partial charge in [0.05, 0.1) is 5.60 Å². The largest absolute Gasteiger partial charge is 0.389 e. The van der Waals surface area contributed by atoms with Crippen LogP contribution in [0.4, 0.5) is 5.82 Å². The molecule has 4 nitrogen and oxygen atoms in total. The minimum absolute atomic E-state index is 0.241. The van der Waals surface area contributed by atoms with E-state index < -0.39 is 5.60 Å². The summed E-state index contributed by atoms with van der Waals surface area (Å²) in [6.45, 7) is 9.54. The van der Waals surface area contributed by atoms with Crippen LogP contribution in [-0.2, 0) is 6.54 Å². The lowest BCUT2D eigenvalue weighted by Crippen LogP contribution is -2.41. The molecule has 1 saturated heterocycles. The van der Waals surface area contributed by atoms with E-state index in [4.69, 9.17) is 0 Å². The van der Waals surface area contributed by atoms with Crippen molar-refractivity contribution in [1.82, 2.24) is 10.3 Å². The quantitative estimate of drug-likeness (QED) is 0.837. The molecule has 0 bridgehead atoms. The van der Waals surface area contributed by atoms with Gasteiger partial charge >= 0.3 is 0 Å². The Bertz CT molecular complexity index is 408. The van der Waals surface area contributed by atoms with Crippen molar-refractivity contribution in [3.8, 4) is 0 Å². The predicted octanol–water partition coefficient (Wildman–Crippen LogP) is 2.18. The molecule has 1 aromatic rings. The van der Waals surface area contributed by atoms with Crippen LogP contribution in [0.15, 0.2) is 18.3 Å². The first-order chi connectivity index (χ1) is 9.49. The van der Waals surface area contributed by atoms with Gasteiger partial charge in [-0.15, -0.1) is 0 Å². The van der Waals surface area contributed by atoms with Crippen molar-refractivity contribution >= 4 is 5.82 Å². The summed E-state index contributed by atoms with van der Waals surface area (Å²) >= 11 is 0. The Kier molecular flexibility index (Phi) is 5.00. The number of pyridine rings is 1. The third-order valence-electron chi connectivity index (χ3n) is 4.29. The van der Waals surface area contributed by atoms with E-state index >= 15 is 0 Å². The summed E-state index contributed by atoms with van der Waals surface area (Å²) in [6.07, 6.45) is 4.48. The van der Waals surface area contributed by atoms with Gasteiger partial charge in [0.2, 0.25) is 0 Å². The number of aromatic nitrogens is 1. The molecular formula is C16H27N3O. The summed E-state index contributed by atoms with van der Waals surface area (Å²) in [5, 5.41) is 13.5. The molecule has 1 aliphatic heterocycles. The molecule has 20 heavy (non-hydrogen) atoms. The molecule has 0 radical (unpaired) electrons. The molecule has 112 valence electrons. The van der Waals surface area contributed by atoms with Crippen molar-refractivity contribution < 1.29 is 5.11 Å². The molecule has 0 spiro atoms. The predicted molar refractivity (Wildman–Crippen MR) is 82.9 cm³/mol. The number of aliphatic hydroxyl groups is 1. The third-order valence-corrected chi connectivity index (χ3v) is 4.29. The van der Waals surface area contributed by atoms with Gasteiger partial charge in [-0.1, -0.05) is 19.9 Å². The third kappa shape index (κ3) is 3.93. The highest BCUT2D eigenvalue weighted by molar-refractivity contribution is 5.40.